The zero-order chi connectivity index (χ0) is 15.8. The zero-order valence-corrected chi connectivity index (χ0v) is 11.4. The Morgan fingerprint density at radius 2 is 2.19 bits per heavy atom. The third kappa shape index (κ3) is 5.05. The molecule has 21 heavy (non-hydrogen) atoms. The Morgan fingerprint density at radius 1 is 1.48 bits per heavy atom. The molecule has 0 aromatic carbocycles. The predicted molar refractivity (Wildman–Crippen MR) is 71.9 cm³/mol. The molecule has 9 nitrogen and oxygen atoms in total. The van der Waals surface area contributed by atoms with Gasteiger partial charge in [0.15, 0.2) is 0 Å². The van der Waals surface area contributed by atoms with Crippen LogP contribution in [0.4, 0.5) is 5.69 Å². The maximum absolute atomic E-state index is 11.7. The lowest BCUT2D eigenvalue weighted by Crippen LogP contribution is -2.30. The minimum atomic E-state index is -0.733. The number of carbonyl (C=O) groups excluding carboxylic acids is 2. The maximum atomic E-state index is 11.7. The molecule has 0 fully saturated rings. The van der Waals surface area contributed by atoms with Crippen LogP contribution in [0.2, 0.25) is 0 Å². The second kappa shape index (κ2) is 7.78. The molecular formula is C12H15N3O6. The van der Waals surface area contributed by atoms with E-state index in [9.17, 15) is 24.5 Å². The van der Waals surface area contributed by atoms with Crippen molar-refractivity contribution in [2.75, 3.05) is 13.2 Å². The van der Waals surface area contributed by atoms with Gasteiger partial charge in [-0.25, -0.2) is 0 Å². The van der Waals surface area contributed by atoms with E-state index in [1.165, 1.54) is 0 Å². The zero-order valence-electron chi connectivity index (χ0n) is 11.4. The number of amides is 1. The number of carbonyl (C=O) groups is 2. The minimum Gasteiger partial charge on any atom is -0.466 e. The van der Waals surface area contributed by atoms with E-state index < -0.39 is 16.4 Å². The number of aromatic nitrogens is 1. The van der Waals surface area contributed by atoms with E-state index in [0.717, 1.165) is 12.3 Å². The lowest BCUT2D eigenvalue weighted by atomic mass is 10.2. The van der Waals surface area contributed by atoms with Crippen molar-refractivity contribution >= 4 is 17.6 Å². The van der Waals surface area contributed by atoms with Crippen molar-refractivity contribution in [2.24, 2.45) is 0 Å². The average molecular weight is 297 g/mol. The second-order valence-corrected chi connectivity index (χ2v) is 4.02. The van der Waals surface area contributed by atoms with Crippen LogP contribution in [-0.2, 0) is 9.53 Å². The Kier molecular flexibility index (Phi) is 6.05. The van der Waals surface area contributed by atoms with Crippen LogP contribution in [0.1, 0.15) is 30.1 Å². The molecule has 114 valence electrons. The highest BCUT2D eigenvalue weighted by Gasteiger charge is 2.15. The Morgan fingerprint density at radius 3 is 2.81 bits per heavy atom. The van der Waals surface area contributed by atoms with Gasteiger partial charge in [0.05, 0.1) is 17.7 Å². The summed E-state index contributed by atoms with van der Waals surface area (Å²) >= 11 is 0. The normalized spacial score (nSPS) is 9.95. The molecule has 0 saturated heterocycles. The number of aromatic amines is 1. The summed E-state index contributed by atoms with van der Waals surface area (Å²) < 4.78 is 4.71. The Balaban J connectivity index is 2.56. The first kappa shape index (κ1) is 16.3. The Labute approximate surface area is 119 Å². The Bertz CT molecular complexity index is 595. The Hall–Kier alpha value is -2.71. The van der Waals surface area contributed by atoms with Crippen molar-refractivity contribution in [3.63, 3.8) is 0 Å². The van der Waals surface area contributed by atoms with E-state index in [1.807, 2.05) is 0 Å². The molecule has 0 atom stereocenters. The van der Waals surface area contributed by atoms with E-state index in [-0.39, 0.29) is 36.8 Å². The van der Waals surface area contributed by atoms with E-state index >= 15 is 0 Å². The van der Waals surface area contributed by atoms with Crippen molar-refractivity contribution in [3.8, 4) is 0 Å². The number of hydrogen-bond acceptors (Lipinski definition) is 6. The number of ether oxygens (including phenoxy) is 1. The number of esters is 1. The van der Waals surface area contributed by atoms with Crippen LogP contribution in [0.3, 0.4) is 0 Å². The number of nitrogens with one attached hydrogen (secondary N) is 2. The summed E-state index contributed by atoms with van der Waals surface area (Å²) in [5.74, 6) is -1.11. The van der Waals surface area contributed by atoms with Gasteiger partial charge in [-0.05, 0) is 13.3 Å². The van der Waals surface area contributed by atoms with Gasteiger partial charge >= 0.3 is 5.97 Å². The third-order valence-corrected chi connectivity index (χ3v) is 2.49. The molecule has 0 unspecified atom stereocenters. The van der Waals surface area contributed by atoms with Gasteiger partial charge in [-0.3, -0.25) is 24.5 Å². The molecule has 1 heterocycles. The van der Waals surface area contributed by atoms with Gasteiger partial charge in [0.25, 0.3) is 17.2 Å². The first-order valence-corrected chi connectivity index (χ1v) is 6.26. The fraction of sp³-hybridized carbons (Fsp3) is 0.417. The van der Waals surface area contributed by atoms with E-state index in [2.05, 4.69) is 10.3 Å². The lowest BCUT2D eigenvalue weighted by Gasteiger charge is -2.04. The van der Waals surface area contributed by atoms with Crippen molar-refractivity contribution in [1.29, 1.82) is 0 Å². The molecule has 0 spiro atoms. The molecule has 1 amide bonds. The highest BCUT2D eigenvalue weighted by molar-refractivity contribution is 5.94. The second-order valence-electron chi connectivity index (χ2n) is 4.02. The quantitative estimate of drug-likeness (QED) is 0.323. The summed E-state index contributed by atoms with van der Waals surface area (Å²) in [6.45, 7) is 2.13. The molecule has 9 heteroatoms. The molecule has 0 radical (unpaired) electrons. The van der Waals surface area contributed by atoms with Crippen LogP contribution in [0.25, 0.3) is 0 Å². The molecule has 0 aliphatic heterocycles. The molecule has 2 N–H and O–H groups in total. The highest BCUT2D eigenvalue weighted by atomic mass is 16.6. The van der Waals surface area contributed by atoms with Crippen LogP contribution < -0.4 is 10.9 Å². The predicted octanol–water partition coefficient (Wildman–Crippen LogP) is 0.356. The van der Waals surface area contributed by atoms with Gasteiger partial charge in [0, 0.05) is 19.0 Å². The molecule has 1 rings (SSSR count). The molecule has 1 aromatic rings. The van der Waals surface area contributed by atoms with E-state index in [0.29, 0.717) is 6.42 Å². The summed E-state index contributed by atoms with van der Waals surface area (Å²) in [5.41, 5.74) is -1.45. The van der Waals surface area contributed by atoms with Gasteiger partial charge in [-0.1, -0.05) is 0 Å². The van der Waals surface area contributed by atoms with Gasteiger partial charge in [-0.15, -0.1) is 0 Å². The number of nitrogens with zero attached hydrogens (tertiary/aromatic N) is 1. The van der Waals surface area contributed by atoms with Crippen molar-refractivity contribution in [2.45, 2.75) is 19.8 Å². The van der Waals surface area contributed by atoms with Gasteiger partial charge < -0.3 is 15.0 Å². The first-order chi connectivity index (χ1) is 9.95. The van der Waals surface area contributed by atoms with Gasteiger partial charge in [-0.2, -0.15) is 0 Å². The smallest absolute Gasteiger partial charge is 0.305 e. The van der Waals surface area contributed by atoms with Crippen LogP contribution in [-0.4, -0.2) is 34.9 Å². The summed E-state index contributed by atoms with van der Waals surface area (Å²) in [7, 11) is 0. The number of hydrogen-bond donors (Lipinski definition) is 2. The third-order valence-electron chi connectivity index (χ3n) is 2.49. The van der Waals surface area contributed by atoms with Crippen molar-refractivity contribution in [3.05, 3.63) is 38.3 Å². The van der Waals surface area contributed by atoms with Crippen LogP contribution in [0.5, 0.6) is 0 Å². The molecule has 0 aliphatic carbocycles. The number of H-pyrrole nitrogens is 1. The summed E-state index contributed by atoms with van der Waals surface area (Å²) in [6.07, 6.45) is 1.40. The van der Waals surface area contributed by atoms with Gasteiger partial charge in [0.1, 0.15) is 5.56 Å². The average Bonchev–Trinajstić information content (AvgIpc) is 2.44. The van der Waals surface area contributed by atoms with Crippen LogP contribution in [0.15, 0.2) is 17.1 Å². The maximum Gasteiger partial charge on any atom is 0.305 e. The summed E-state index contributed by atoms with van der Waals surface area (Å²) in [6, 6.07) is 0.902. The molecule has 0 aliphatic rings. The summed E-state index contributed by atoms with van der Waals surface area (Å²) in [4.78, 5) is 46.2. The minimum absolute atomic E-state index is 0.138. The fourth-order valence-corrected chi connectivity index (χ4v) is 1.51. The molecule has 0 saturated carbocycles. The summed E-state index contributed by atoms with van der Waals surface area (Å²) in [5, 5.41) is 13.0. The van der Waals surface area contributed by atoms with Crippen molar-refractivity contribution < 1.29 is 19.2 Å². The molecule has 1 aromatic heterocycles. The lowest BCUT2D eigenvalue weighted by molar-refractivity contribution is -0.385. The standard InChI is InChI=1S/C12H15N3O6/c1-2-21-10(16)4-3-5-13-11(17)9-6-8(15(19)20)7-14-12(9)18/h6-7H,2-5H2,1H3,(H,13,17)(H,14,18). The van der Waals surface area contributed by atoms with Crippen molar-refractivity contribution in [1.82, 2.24) is 10.3 Å². The van der Waals surface area contributed by atoms with Gasteiger partial charge in [0.2, 0.25) is 0 Å². The molecular weight excluding hydrogens is 282 g/mol. The number of nitro groups is 1. The SMILES string of the molecule is CCOC(=O)CCCNC(=O)c1cc([N+](=O)[O-])c[nH]c1=O. The fourth-order valence-electron chi connectivity index (χ4n) is 1.51. The number of rotatable bonds is 7. The van der Waals surface area contributed by atoms with E-state index in [4.69, 9.17) is 4.74 Å². The topological polar surface area (TPSA) is 131 Å². The van der Waals surface area contributed by atoms with Crippen LogP contribution in [0, 0.1) is 10.1 Å². The monoisotopic (exact) mass is 297 g/mol. The molecule has 0 bridgehead atoms. The largest absolute Gasteiger partial charge is 0.466 e. The number of pyridine rings is 1. The van der Waals surface area contributed by atoms with E-state index in [1.54, 1.807) is 6.92 Å². The first-order valence-electron chi connectivity index (χ1n) is 6.26. The van der Waals surface area contributed by atoms with Crippen LogP contribution >= 0.6 is 0 Å². The highest BCUT2D eigenvalue weighted by Crippen LogP contribution is 2.08.